The molecular weight excluding hydrogens is 448 g/mol. The van der Waals surface area contributed by atoms with Crippen LogP contribution in [-0.4, -0.2) is 81.1 Å². The summed E-state index contributed by atoms with van der Waals surface area (Å²) in [5.41, 5.74) is 1.35. The number of rotatable bonds is 8. The molecule has 1 aliphatic rings. The number of nitrogens with zero attached hydrogens (tertiary/aromatic N) is 2. The minimum atomic E-state index is -3.66. The Morgan fingerprint density at radius 2 is 1.64 bits per heavy atom. The van der Waals surface area contributed by atoms with Crippen LogP contribution >= 0.6 is 0 Å². The predicted molar refractivity (Wildman–Crippen MR) is 127 cm³/mol. The third-order valence-corrected chi connectivity index (χ3v) is 5.87. The second-order valence-corrected chi connectivity index (χ2v) is 9.12. The number of methoxy groups -OCH3 is 1. The van der Waals surface area contributed by atoms with Crippen LogP contribution < -0.4 is 9.64 Å². The number of piperazine rings is 1. The van der Waals surface area contributed by atoms with E-state index in [1.165, 1.54) is 13.0 Å². The number of aromatic hydroxyl groups is 1. The van der Waals surface area contributed by atoms with Crippen LogP contribution in [0.25, 0.3) is 0 Å². The Labute approximate surface area is 195 Å². The smallest absolute Gasteiger partial charge is 0.341 e. The zero-order valence-corrected chi connectivity index (χ0v) is 19.8. The van der Waals surface area contributed by atoms with Gasteiger partial charge in [-0.3, -0.25) is 9.45 Å². The minimum absolute atomic E-state index is 0.0463. The summed E-state index contributed by atoms with van der Waals surface area (Å²) in [5, 5.41) is 9.67. The molecule has 1 fully saturated rings. The van der Waals surface area contributed by atoms with Gasteiger partial charge in [-0.2, -0.15) is 8.42 Å². The maximum atomic E-state index is 12.0. The Balaban J connectivity index is 0.000000569. The van der Waals surface area contributed by atoms with Crippen molar-refractivity contribution >= 4 is 21.8 Å². The summed E-state index contributed by atoms with van der Waals surface area (Å²) < 4.78 is 37.6. The lowest BCUT2D eigenvalue weighted by atomic mass is 10.2. The van der Waals surface area contributed by atoms with Crippen LogP contribution in [0.2, 0.25) is 0 Å². The molecule has 2 aromatic carbocycles. The van der Waals surface area contributed by atoms with Gasteiger partial charge in [0.1, 0.15) is 17.1 Å². The first-order valence-corrected chi connectivity index (χ1v) is 12.4. The third-order valence-electron chi connectivity index (χ3n) is 5.14. The van der Waals surface area contributed by atoms with Crippen LogP contribution in [-0.2, 0) is 14.9 Å². The molecule has 2 N–H and O–H groups in total. The van der Waals surface area contributed by atoms with E-state index in [1.807, 2.05) is 18.2 Å². The molecule has 0 aliphatic carbocycles. The van der Waals surface area contributed by atoms with Crippen molar-refractivity contribution in [2.24, 2.45) is 0 Å². The van der Waals surface area contributed by atoms with Gasteiger partial charge in [0.2, 0.25) is 0 Å². The van der Waals surface area contributed by atoms with E-state index in [1.54, 1.807) is 25.3 Å². The molecule has 1 aliphatic heterocycles. The van der Waals surface area contributed by atoms with Gasteiger partial charge in [-0.15, -0.1) is 0 Å². The molecule has 1 heterocycles. The van der Waals surface area contributed by atoms with E-state index in [9.17, 15) is 18.3 Å². The number of hydrogen-bond acceptors (Lipinski definition) is 8. The Kier molecular flexibility index (Phi) is 10.4. The molecule has 0 unspecified atom stereocenters. The van der Waals surface area contributed by atoms with Crippen molar-refractivity contribution in [1.29, 1.82) is 0 Å². The first kappa shape index (κ1) is 26.4. The number of phenolic OH excluding ortho intramolecular Hbond substituents is 1. The van der Waals surface area contributed by atoms with Gasteiger partial charge in [0.15, 0.2) is 0 Å². The molecule has 10 heteroatoms. The monoisotopic (exact) mass is 480 g/mol. The molecule has 0 saturated carbocycles. The highest BCUT2D eigenvalue weighted by Gasteiger charge is 2.19. The van der Waals surface area contributed by atoms with E-state index in [4.69, 9.17) is 14.0 Å². The van der Waals surface area contributed by atoms with Gasteiger partial charge >= 0.3 is 5.97 Å². The van der Waals surface area contributed by atoms with Crippen molar-refractivity contribution in [1.82, 2.24) is 4.90 Å². The van der Waals surface area contributed by atoms with E-state index in [0.29, 0.717) is 6.61 Å². The van der Waals surface area contributed by atoms with E-state index >= 15 is 0 Å². The van der Waals surface area contributed by atoms with Gasteiger partial charge in [0, 0.05) is 32.7 Å². The summed E-state index contributed by atoms with van der Waals surface area (Å²) in [6.45, 7) is 6.41. The number of para-hydroxylation sites is 3. The highest BCUT2D eigenvalue weighted by molar-refractivity contribution is 7.85. The number of benzene rings is 2. The van der Waals surface area contributed by atoms with Crippen LogP contribution in [0.1, 0.15) is 23.7 Å². The second-order valence-electron chi connectivity index (χ2n) is 7.38. The highest BCUT2D eigenvalue weighted by atomic mass is 32.2. The molecule has 33 heavy (non-hydrogen) atoms. The summed E-state index contributed by atoms with van der Waals surface area (Å²) in [6, 6.07) is 14.5. The molecule has 0 bridgehead atoms. The maximum Gasteiger partial charge on any atom is 0.341 e. The average Bonchev–Trinajstić information content (AvgIpc) is 2.82. The van der Waals surface area contributed by atoms with Crippen LogP contribution in [0, 0.1) is 0 Å². The van der Waals surface area contributed by atoms with Gasteiger partial charge in [-0.1, -0.05) is 24.3 Å². The lowest BCUT2D eigenvalue weighted by Gasteiger charge is -2.36. The molecule has 1 saturated heterocycles. The van der Waals surface area contributed by atoms with Crippen LogP contribution in [0.15, 0.2) is 48.5 Å². The average molecular weight is 481 g/mol. The summed E-state index contributed by atoms with van der Waals surface area (Å²) >= 11 is 0. The standard InChI is InChI=1S/C21H26N2O4.C2H6O3S/c1-26-20-10-5-3-8-18(20)23-14-12-22(13-15-23)11-6-16-27-21(25)17-7-2-4-9-19(17)24;1-2-6(3,4)5/h2-5,7-10,24H,6,11-16H2,1H3;2H2,1H3,(H,3,4,5). The lowest BCUT2D eigenvalue weighted by Crippen LogP contribution is -2.46. The Morgan fingerprint density at radius 1 is 1.03 bits per heavy atom. The first-order valence-electron chi connectivity index (χ1n) is 10.8. The van der Waals surface area contributed by atoms with Gasteiger partial charge < -0.3 is 19.5 Å². The van der Waals surface area contributed by atoms with Crippen molar-refractivity contribution in [2.45, 2.75) is 13.3 Å². The molecule has 0 spiro atoms. The molecule has 3 rings (SSSR count). The van der Waals surface area contributed by atoms with Crippen molar-refractivity contribution in [3.8, 4) is 11.5 Å². The van der Waals surface area contributed by atoms with E-state index in [0.717, 1.165) is 50.6 Å². The lowest BCUT2D eigenvalue weighted by molar-refractivity contribution is 0.0484. The quantitative estimate of drug-likeness (QED) is 0.334. The predicted octanol–water partition coefficient (Wildman–Crippen LogP) is 2.66. The SMILES string of the molecule is CCS(=O)(=O)O.COc1ccccc1N1CCN(CCCOC(=O)c2ccccc2O)CC1. The second kappa shape index (κ2) is 13.0. The molecule has 0 amide bonds. The Bertz CT molecular complexity index is 990. The largest absolute Gasteiger partial charge is 0.507 e. The van der Waals surface area contributed by atoms with Gasteiger partial charge in [-0.05, 0) is 37.6 Å². The van der Waals surface area contributed by atoms with Crippen LogP contribution in [0.5, 0.6) is 11.5 Å². The fourth-order valence-corrected chi connectivity index (χ4v) is 3.28. The number of esters is 1. The van der Waals surface area contributed by atoms with Crippen molar-refractivity contribution in [2.75, 3.05) is 57.1 Å². The van der Waals surface area contributed by atoms with Gasteiger partial charge in [0.25, 0.3) is 10.1 Å². The topological polar surface area (TPSA) is 117 Å². The fraction of sp³-hybridized carbons (Fsp3) is 0.435. The maximum absolute atomic E-state index is 12.0. The zero-order valence-electron chi connectivity index (χ0n) is 19.0. The number of anilines is 1. The van der Waals surface area contributed by atoms with Crippen LogP contribution in [0.3, 0.4) is 0 Å². The molecule has 2 aromatic rings. The van der Waals surface area contributed by atoms with Crippen LogP contribution in [0.4, 0.5) is 5.69 Å². The Hall–Kier alpha value is -2.82. The molecule has 182 valence electrons. The first-order chi connectivity index (χ1) is 15.7. The molecule has 0 radical (unpaired) electrons. The van der Waals surface area contributed by atoms with Gasteiger partial charge in [0.05, 0.1) is 25.2 Å². The summed E-state index contributed by atoms with van der Waals surface area (Å²) in [6.07, 6.45) is 0.772. The highest BCUT2D eigenvalue weighted by Crippen LogP contribution is 2.28. The van der Waals surface area contributed by atoms with E-state index < -0.39 is 16.1 Å². The molecule has 0 aromatic heterocycles. The number of phenols is 1. The number of carbonyl (C=O) groups is 1. The van der Waals surface area contributed by atoms with Gasteiger partial charge in [-0.25, -0.2) is 4.79 Å². The number of ether oxygens (including phenoxy) is 2. The molecule has 0 atom stereocenters. The minimum Gasteiger partial charge on any atom is -0.507 e. The number of carbonyl (C=O) groups excluding carboxylic acids is 1. The normalized spacial score (nSPS) is 14.2. The zero-order chi connectivity index (χ0) is 24.3. The summed E-state index contributed by atoms with van der Waals surface area (Å²) in [5.74, 6) is 0.179. The van der Waals surface area contributed by atoms with E-state index in [-0.39, 0.29) is 17.1 Å². The van der Waals surface area contributed by atoms with Crippen molar-refractivity contribution in [3.05, 3.63) is 54.1 Å². The number of hydrogen-bond donors (Lipinski definition) is 2. The summed E-state index contributed by atoms with van der Waals surface area (Å²) in [4.78, 5) is 16.7. The molecular formula is C23H32N2O7S. The summed E-state index contributed by atoms with van der Waals surface area (Å²) in [7, 11) is -1.96. The molecule has 9 nitrogen and oxygen atoms in total. The van der Waals surface area contributed by atoms with Crippen molar-refractivity contribution in [3.63, 3.8) is 0 Å². The Morgan fingerprint density at radius 3 is 2.24 bits per heavy atom. The van der Waals surface area contributed by atoms with Crippen molar-refractivity contribution < 1.29 is 32.3 Å². The fourth-order valence-electron chi connectivity index (χ4n) is 3.28. The third kappa shape index (κ3) is 8.91. The van der Waals surface area contributed by atoms with E-state index in [2.05, 4.69) is 15.9 Å².